The minimum absolute atomic E-state index is 0.0719. The predicted octanol–water partition coefficient (Wildman–Crippen LogP) is 3.22. The van der Waals surface area contributed by atoms with E-state index >= 15 is 0 Å². The van der Waals surface area contributed by atoms with Gasteiger partial charge in [0.05, 0.1) is 6.10 Å². The van der Waals surface area contributed by atoms with Gasteiger partial charge in [0.2, 0.25) is 0 Å². The number of rotatable bonds is 11. The van der Waals surface area contributed by atoms with Crippen molar-refractivity contribution in [1.29, 1.82) is 0 Å². The average molecular weight is 343 g/mol. The molecule has 4 heteroatoms. The van der Waals surface area contributed by atoms with Crippen LogP contribution in [0, 0.1) is 0 Å². The first-order chi connectivity index (χ1) is 12.2. The van der Waals surface area contributed by atoms with E-state index in [4.69, 9.17) is 15.6 Å². The molecule has 0 bridgehead atoms. The second-order valence-corrected chi connectivity index (χ2v) is 6.33. The van der Waals surface area contributed by atoms with Gasteiger partial charge in [-0.1, -0.05) is 55.3 Å². The lowest BCUT2D eigenvalue weighted by Crippen LogP contribution is -2.25. The van der Waals surface area contributed by atoms with E-state index in [1.165, 1.54) is 0 Å². The van der Waals surface area contributed by atoms with Gasteiger partial charge in [-0.25, -0.2) is 0 Å². The number of unbranched alkanes of at least 4 members (excludes halogenated alkanes) is 2. The molecule has 2 aromatic carbocycles. The lowest BCUT2D eigenvalue weighted by atomic mass is 9.90. The summed E-state index contributed by atoms with van der Waals surface area (Å²) in [6.07, 6.45) is 2.86. The Kier molecular flexibility index (Phi) is 8.46. The molecule has 0 saturated heterocycles. The van der Waals surface area contributed by atoms with E-state index in [2.05, 4.69) is 0 Å². The normalized spacial score (nSPS) is 13.4. The van der Waals surface area contributed by atoms with Gasteiger partial charge in [0, 0.05) is 19.1 Å². The maximum Gasteiger partial charge on any atom is 0.119 e. The highest BCUT2D eigenvalue weighted by molar-refractivity contribution is 5.30. The van der Waals surface area contributed by atoms with Crippen LogP contribution < -0.4 is 10.5 Å². The zero-order chi connectivity index (χ0) is 17.9. The number of nitrogens with two attached hydrogens (primary N) is 1. The molecule has 25 heavy (non-hydrogen) atoms. The molecule has 0 aromatic heterocycles. The van der Waals surface area contributed by atoms with E-state index in [1.807, 2.05) is 54.6 Å². The highest BCUT2D eigenvalue weighted by Crippen LogP contribution is 2.25. The van der Waals surface area contributed by atoms with Crippen LogP contribution in [0.1, 0.15) is 42.7 Å². The molecule has 2 rings (SSSR count). The molecule has 4 N–H and O–H groups in total. The van der Waals surface area contributed by atoms with Crippen LogP contribution in [0.4, 0.5) is 0 Å². The number of aliphatic hydroxyl groups is 2. The first-order valence-corrected chi connectivity index (χ1v) is 9.00. The second-order valence-electron chi connectivity index (χ2n) is 6.33. The van der Waals surface area contributed by atoms with Crippen LogP contribution in [-0.4, -0.2) is 29.5 Å². The van der Waals surface area contributed by atoms with Gasteiger partial charge in [-0.3, -0.25) is 0 Å². The molecule has 0 radical (unpaired) electrons. The van der Waals surface area contributed by atoms with Gasteiger partial charge >= 0.3 is 0 Å². The van der Waals surface area contributed by atoms with Crippen LogP contribution in [0.5, 0.6) is 5.75 Å². The number of ether oxygens (including phenoxy) is 1. The highest BCUT2D eigenvalue weighted by atomic mass is 16.5. The van der Waals surface area contributed by atoms with Crippen LogP contribution in [0.25, 0.3) is 0 Å². The largest absolute Gasteiger partial charge is 0.489 e. The summed E-state index contributed by atoms with van der Waals surface area (Å²) in [5, 5.41) is 19.2. The first-order valence-electron chi connectivity index (χ1n) is 9.00. The van der Waals surface area contributed by atoms with Crippen molar-refractivity contribution in [3.8, 4) is 5.75 Å². The number of benzene rings is 2. The molecule has 4 nitrogen and oxygen atoms in total. The predicted molar refractivity (Wildman–Crippen MR) is 101 cm³/mol. The van der Waals surface area contributed by atoms with Gasteiger partial charge in [-0.15, -0.1) is 0 Å². The maximum absolute atomic E-state index is 10.4. The van der Waals surface area contributed by atoms with E-state index in [1.54, 1.807) is 0 Å². The van der Waals surface area contributed by atoms with Gasteiger partial charge in [0.15, 0.2) is 0 Å². The van der Waals surface area contributed by atoms with E-state index < -0.39 is 6.10 Å². The van der Waals surface area contributed by atoms with Crippen molar-refractivity contribution in [3.05, 3.63) is 65.7 Å². The molecule has 0 aliphatic heterocycles. The Labute approximate surface area is 150 Å². The average Bonchev–Trinajstić information content (AvgIpc) is 2.66. The third kappa shape index (κ3) is 6.50. The summed E-state index contributed by atoms with van der Waals surface area (Å²) in [4.78, 5) is 0. The summed E-state index contributed by atoms with van der Waals surface area (Å²) in [5.74, 6) is 0.734. The fraction of sp³-hybridized carbons (Fsp3) is 0.429. The molecule has 0 saturated carbocycles. The highest BCUT2D eigenvalue weighted by Gasteiger charge is 2.19. The minimum atomic E-state index is -0.459. The van der Waals surface area contributed by atoms with Crippen molar-refractivity contribution in [1.82, 2.24) is 0 Å². The third-order valence-corrected chi connectivity index (χ3v) is 4.43. The van der Waals surface area contributed by atoms with Gasteiger partial charge in [-0.05, 0) is 36.1 Å². The number of aliphatic hydroxyl groups excluding tert-OH is 2. The summed E-state index contributed by atoms with van der Waals surface area (Å²) in [6, 6.07) is 17.9. The van der Waals surface area contributed by atoms with Gasteiger partial charge in [-0.2, -0.15) is 0 Å². The molecule has 2 aromatic rings. The fourth-order valence-electron chi connectivity index (χ4n) is 2.91. The Morgan fingerprint density at radius 3 is 2.28 bits per heavy atom. The lowest BCUT2D eigenvalue weighted by Gasteiger charge is -2.22. The second kappa shape index (κ2) is 10.9. The topological polar surface area (TPSA) is 75.7 Å². The molecule has 2 atom stereocenters. The summed E-state index contributed by atoms with van der Waals surface area (Å²) in [7, 11) is 0. The monoisotopic (exact) mass is 343 g/mol. The molecule has 0 aliphatic carbocycles. The first kappa shape index (κ1) is 19.4. The smallest absolute Gasteiger partial charge is 0.119 e. The van der Waals surface area contributed by atoms with E-state index in [-0.39, 0.29) is 12.5 Å². The van der Waals surface area contributed by atoms with Crippen LogP contribution in [0.2, 0.25) is 0 Å². The Balaban J connectivity index is 1.87. The van der Waals surface area contributed by atoms with Crippen molar-refractivity contribution in [3.63, 3.8) is 0 Å². The molecule has 0 amide bonds. The summed E-state index contributed by atoms with van der Waals surface area (Å²) in [6.45, 7) is 1.15. The quantitative estimate of drug-likeness (QED) is 0.548. The van der Waals surface area contributed by atoms with Crippen molar-refractivity contribution in [2.75, 3.05) is 13.2 Å². The van der Waals surface area contributed by atoms with Crippen LogP contribution in [0.15, 0.2) is 54.6 Å². The lowest BCUT2D eigenvalue weighted by molar-refractivity contribution is 0.131. The zero-order valence-corrected chi connectivity index (χ0v) is 14.7. The molecule has 136 valence electrons. The molecule has 0 aliphatic rings. The number of hydrogen-bond acceptors (Lipinski definition) is 4. The summed E-state index contributed by atoms with van der Waals surface area (Å²) < 4.78 is 5.80. The van der Waals surface area contributed by atoms with Crippen LogP contribution in [0.3, 0.4) is 0 Å². The van der Waals surface area contributed by atoms with Crippen molar-refractivity contribution >= 4 is 0 Å². The molecular weight excluding hydrogens is 314 g/mol. The Hall–Kier alpha value is -1.88. The Morgan fingerprint density at radius 2 is 1.64 bits per heavy atom. The Morgan fingerprint density at radius 1 is 0.920 bits per heavy atom. The number of hydrogen-bond donors (Lipinski definition) is 3. The van der Waals surface area contributed by atoms with Crippen molar-refractivity contribution < 1.29 is 14.9 Å². The van der Waals surface area contributed by atoms with E-state index in [0.29, 0.717) is 19.6 Å². The van der Waals surface area contributed by atoms with Crippen molar-refractivity contribution in [2.24, 2.45) is 5.73 Å². The maximum atomic E-state index is 10.4. The standard InChI is InChI=1S/C21H29NO3/c22-15-20(21(24)9-5-2-6-14-23)18-10-12-19(13-11-18)25-16-17-7-3-1-4-8-17/h1,3-4,7-8,10-13,20-21,23-24H,2,5-6,9,14-16,22H2. The van der Waals surface area contributed by atoms with Crippen LogP contribution in [-0.2, 0) is 6.61 Å². The van der Waals surface area contributed by atoms with Gasteiger partial charge in [0.1, 0.15) is 12.4 Å². The minimum Gasteiger partial charge on any atom is -0.489 e. The molecule has 0 spiro atoms. The molecule has 0 fully saturated rings. The SMILES string of the molecule is NCC(c1ccc(OCc2ccccc2)cc1)C(O)CCCCCO. The fourth-order valence-corrected chi connectivity index (χ4v) is 2.91. The van der Waals surface area contributed by atoms with Crippen LogP contribution >= 0.6 is 0 Å². The summed E-state index contributed by atoms with van der Waals surface area (Å²) in [5.41, 5.74) is 8.04. The van der Waals surface area contributed by atoms with Crippen molar-refractivity contribution in [2.45, 2.75) is 44.3 Å². The third-order valence-electron chi connectivity index (χ3n) is 4.43. The molecule has 0 heterocycles. The Bertz CT molecular complexity index is 586. The van der Waals surface area contributed by atoms with Gasteiger partial charge < -0.3 is 20.7 Å². The zero-order valence-electron chi connectivity index (χ0n) is 14.7. The van der Waals surface area contributed by atoms with Gasteiger partial charge in [0.25, 0.3) is 0 Å². The molecule has 2 unspecified atom stereocenters. The summed E-state index contributed by atoms with van der Waals surface area (Å²) >= 11 is 0. The van der Waals surface area contributed by atoms with E-state index in [9.17, 15) is 5.11 Å². The molecular formula is C21H29NO3. The van der Waals surface area contributed by atoms with E-state index in [0.717, 1.165) is 36.1 Å².